The van der Waals surface area contributed by atoms with Crippen LogP contribution in [0.1, 0.15) is 19.8 Å². The number of pyridine rings is 1. The van der Waals surface area contributed by atoms with Gasteiger partial charge in [0.15, 0.2) is 11.5 Å². The van der Waals surface area contributed by atoms with E-state index in [2.05, 4.69) is 19.4 Å². The van der Waals surface area contributed by atoms with Crippen molar-refractivity contribution in [1.29, 1.82) is 0 Å². The fourth-order valence-electron chi connectivity index (χ4n) is 4.15. The molecular weight excluding hydrogens is 464 g/mol. The second kappa shape index (κ2) is 12.2. The van der Waals surface area contributed by atoms with E-state index < -0.39 is 10.2 Å². The Balaban J connectivity index is 1.67. The summed E-state index contributed by atoms with van der Waals surface area (Å²) in [6.07, 6.45) is 3.62. The van der Waals surface area contributed by atoms with Crippen LogP contribution in [0.15, 0.2) is 24.4 Å². The summed E-state index contributed by atoms with van der Waals surface area (Å²) in [4.78, 5) is 22.8. The van der Waals surface area contributed by atoms with Crippen molar-refractivity contribution in [3.63, 3.8) is 0 Å². The highest BCUT2D eigenvalue weighted by Gasteiger charge is 2.26. The normalized spacial score (nSPS) is 15.8. The first kappa shape index (κ1) is 25.9. The van der Waals surface area contributed by atoms with Crippen LogP contribution < -0.4 is 24.0 Å². The number of nitrogens with zero attached hydrogens (tertiary/aromatic N) is 2. The number of hydrogen-bond acceptors (Lipinski definition) is 9. The monoisotopic (exact) mass is 496 g/mol. The molecule has 0 amide bonds. The van der Waals surface area contributed by atoms with E-state index in [0.717, 1.165) is 42.5 Å². The number of ether oxygens (including phenoxy) is 3. The van der Waals surface area contributed by atoms with Gasteiger partial charge in [0.2, 0.25) is 0 Å². The van der Waals surface area contributed by atoms with E-state index in [-0.39, 0.29) is 18.9 Å². The van der Waals surface area contributed by atoms with Gasteiger partial charge in [0, 0.05) is 50.1 Å². The molecule has 3 rings (SSSR count). The molecule has 34 heavy (non-hydrogen) atoms. The van der Waals surface area contributed by atoms with Gasteiger partial charge >= 0.3 is 16.7 Å². The minimum Gasteiger partial charge on any atom is -0.493 e. The summed E-state index contributed by atoms with van der Waals surface area (Å²) in [7, 11) is -0.645. The Hall–Kier alpha value is -2.67. The number of rotatable bonds is 13. The average molecular weight is 497 g/mol. The molecule has 0 radical (unpaired) electrons. The van der Waals surface area contributed by atoms with Crippen molar-refractivity contribution in [3.05, 3.63) is 24.4 Å². The molecule has 1 saturated heterocycles. The predicted octanol–water partition coefficient (Wildman–Crippen LogP) is 1.63. The average Bonchev–Trinajstić information content (AvgIpc) is 2.85. The molecule has 0 saturated carbocycles. The Labute approximate surface area is 199 Å². The van der Waals surface area contributed by atoms with Crippen molar-refractivity contribution in [2.45, 2.75) is 19.8 Å². The second-order valence-electron chi connectivity index (χ2n) is 8.14. The largest absolute Gasteiger partial charge is 0.493 e. The van der Waals surface area contributed by atoms with Gasteiger partial charge in [-0.05, 0) is 41.7 Å². The van der Waals surface area contributed by atoms with E-state index in [0.29, 0.717) is 30.6 Å². The van der Waals surface area contributed by atoms with E-state index in [4.69, 9.17) is 14.2 Å². The molecule has 2 aromatic rings. The van der Waals surface area contributed by atoms with Gasteiger partial charge in [0.05, 0.1) is 19.2 Å². The van der Waals surface area contributed by atoms with Crippen LogP contribution in [-0.4, -0.2) is 66.9 Å². The molecular formula is C22H32N4O7S. The first-order valence-electron chi connectivity index (χ1n) is 11.1. The minimum atomic E-state index is -3.87. The molecule has 1 atom stereocenters. The zero-order valence-electron chi connectivity index (χ0n) is 19.7. The van der Waals surface area contributed by atoms with Crippen LogP contribution in [-0.2, 0) is 24.6 Å². The lowest BCUT2D eigenvalue weighted by atomic mass is 9.85. The Kier molecular flexibility index (Phi) is 9.28. The topological polar surface area (TPSA) is 128 Å². The maximum atomic E-state index is 11.7. The van der Waals surface area contributed by atoms with Crippen LogP contribution in [0.25, 0.3) is 10.9 Å². The van der Waals surface area contributed by atoms with Crippen LogP contribution in [0.5, 0.6) is 11.5 Å². The highest BCUT2D eigenvalue weighted by atomic mass is 32.2. The SMILES string of the molecule is COCCOc1cc2c(N3CCC(C(C)CNS(=O)(=O)NOC=O)CC3)ccnc2cc1OC. The van der Waals surface area contributed by atoms with Crippen molar-refractivity contribution in [2.75, 3.05) is 52.0 Å². The Morgan fingerprint density at radius 3 is 2.65 bits per heavy atom. The van der Waals surface area contributed by atoms with Gasteiger partial charge in [0.1, 0.15) is 6.61 Å². The molecule has 1 aliphatic heterocycles. The highest BCUT2D eigenvalue weighted by Crippen LogP contribution is 2.37. The standard InChI is InChI=1S/C22H32N4O7S/c1-16(14-24-34(28,29)25-33-15-27)17-5-8-26(9-6-17)20-4-7-23-19-13-21(31-3)22(12-18(19)20)32-11-10-30-2/h4,7,12-13,15-17,24-25H,5-6,8-11,14H2,1-3H3. The summed E-state index contributed by atoms with van der Waals surface area (Å²) in [5, 5.41) is 0.983. The summed E-state index contributed by atoms with van der Waals surface area (Å²) in [6.45, 7) is 4.84. The van der Waals surface area contributed by atoms with Gasteiger partial charge in [-0.15, -0.1) is 0 Å². The van der Waals surface area contributed by atoms with Crippen molar-refractivity contribution < 1.29 is 32.3 Å². The third-order valence-electron chi connectivity index (χ3n) is 6.04. The van der Waals surface area contributed by atoms with Gasteiger partial charge in [0.25, 0.3) is 0 Å². The van der Waals surface area contributed by atoms with Crippen LogP contribution >= 0.6 is 0 Å². The lowest BCUT2D eigenvalue weighted by Gasteiger charge is -2.36. The van der Waals surface area contributed by atoms with Crippen LogP contribution in [0.4, 0.5) is 5.69 Å². The Bertz CT molecular complexity index is 1060. The zero-order chi connectivity index (χ0) is 24.6. The zero-order valence-corrected chi connectivity index (χ0v) is 20.5. The van der Waals surface area contributed by atoms with Crippen LogP contribution in [0.3, 0.4) is 0 Å². The molecule has 0 bridgehead atoms. The predicted molar refractivity (Wildman–Crippen MR) is 127 cm³/mol. The third kappa shape index (κ3) is 6.69. The van der Waals surface area contributed by atoms with Crippen molar-refractivity contribution in [2.24, 2.45) is 11.8 Å². The van der Waals surface area contributed by atoms with E-state index >= 15 is 0 Å². The van der Waals surface area contributed by atoms with E-state index in [1.54, 1.807) is 25.3 Å². The van der Waals surface area contributed by atoms with E-state index in [1.165, 1.54) is 0 Å². The number of methoxy groups -OCH3 is 2. The van der Waals surface area contributed by atoms with Crippen molar-refractivity contribution >= 4 is 33.3 Å². The number of carbonyl (C=O) groups is 1. The molecule has 1 aliphatic rings. The molecule has 11 nitrogen and oxygen atoms in total. The fraction of sp³-hybridized carbons (Fsp3) is 0.545. The number of hydrogen-bond donors (Lipinski definition) is 2. The van der Waals surface area contributed by atoms with Crippen molar-refractivity contribution in [3.8, 4) is 11.5 Å². The van der Waals surface area contributed by atoms with Crippen LogP contribution in [0.2, 0.25) is 0 Å². The number of aromatic nitrogens is 1. The summed E-state index contributed by atoms with van der Waals surface area (Å²) < 4.78 is 42.3. The number of benzene rings is 1. The first-order chi connectivity index (χ1) is 16.4. The molecule has 0 aliphatic carbocycles. The number of fused-ring (bicyclic) bond motifs is 1. The Morgan fingerprint density at radius 2 is 1.97 bits per heavy atom. The molecule has 1 aromatic carbocycles. The maximum absolute atomic E-state index is 11.7. The molecule has 1 unspecified atom stereocenters. The summed E-state index contributed by atoms with van der Waals surface area (Å²) in [5.74, 6) is 1.74. The lowest BCUT2D eigenvalue weighted by molar-refractivity contribution is -0.131. The van der Waals surface area contributed by atoms with Gasteiger partial charge in [-0.1, -0.05) is 6.92 Å². The quantitative estimate of drug-likeness (QED) is 0.242. The number of nitrogens with one attached hydrogen (secondary N) is 2. The minimum absolute atomic E-state index is 0.0198. The Morgan fingerprint density at radius 1 is 1.21 bits per heavy atom. The summed E-state index contributed by atoms with van der Waals surface area (Å²) in [5.41, 5.74) is 1.90. The highest BCUT2D eigenvalue weighted by molar-refractivity contribution is 7.87. The van der Waals surface area contributed by atoms with Gasteiger partial charge in [-0.2, -0.15) is 13.1 Å². The molecule has 1 aromatic heterocycles. The smallest absolute Gasteiger partial charge is 0.314 e. The number of carbonyl (C=O) groups excluding carboxylic acids is 1. The fourth-order valence-corrected chi connectivity index (χ4v) is 4.86. The lowest BCUT2D eigenvalue weighted by Crippen LogP contribution is -2.42. The van der Waals surface area contributed by atoms with Gasteiger partial charge < -0.3 is 23.9 Å². The molecule has 1 fully saturated rings. The molecule has 12 heteroatoms. The molecule has 188 valence electrons. The first-order valence-corrected chi connectivity index (χ1v) is 12.6. The van der Waals surface area contributed by atoms with Crippen molar-refractivity contribution in [1.82, 2.24) is 14.6 Å². The maximum Gasteiger partial charge on any atom is 0.314 e. The third-order valence-corrected chi connectivity index (χ3v) is 6.90. The molecule has 0 spiro atoms. The van der Waals surface area contributed by atoms with E-state index in [9.17, 15) is 13.2 Å². The number of piperidine rings is 1. The summed E-state index contributed by atoms with van der Waals surface area (Å²) in [6, 6.07) is 5.85. The summed E-state index contributed by atoms with van der Waals surface area (Å²) >= 11 is 0. The van der Waals surface area contributed by atoms with E-state index in [1.807, 2.05) is 25.1 Å². The van der Waals surface area contributed by atoms with Crippen LogP contribution in [0, 0.1) is 11.8 Å². The van der Waals surface area contributed by atoms with Gasteiger partial charge in [-0.3, -0.25) is 9.78 Å². The number of anilines is 1. The van der Waals surface area contributed by atoms with Gasteiger partial charge in [-0.25, -0.2) is 0 Å². The molecule has 2 heterocycles. The second-order valence-corrected chi connectivity index (χ2v) is 9.60. The molecule has 2 N–H and O–H groups in total.